The van der Waals surface area contributed by atoms with Crippen LogP contribution in [0.2, 0.25) is 0 Å². The topological polar surface area (TPSA) is 75.0 Å². The third-order valence-electron chi connectivity index (χ3n) is 11.6. The van der Waals surface area contributed by atoms with Crippen LogP contribution in [0.15, 0.2) is 12.1 Å². The lowest BCUT2D eigenvalue weighted by atomic mass is 9.33. The Morgan fingerprint density at radius 1 is 1.24 bits per heavy atom. The third-order valence-corrected chi connectivity index (χ3v) is 11.6. The van der Waals surface area contributed by atoms with Gasteiger partial charge in [-0.15, -0.1) is 0 Å². The molecule has 0 radical (unpaired) electrons. The monoisotopic (exact) mass is 466 g/mol. The van der Waals surface area contributed by atoms with E-state index in [1.165, 1.54) is 11.1 Å². The maximum Gasteiger partial charge on any atom is 0.179 e. The van der Waals surface area contributed by atoms with Gasteiger partial charge in [0.2, 0.25) is 0 Å². The van der Waals surface area contributed by atoms with Crippen molar-refractivity contribution in [3.05, 3.63) is 23.3 Å². The quantitative estimate of drug-likeness (QED) is 0.657. The van der Waals surface area contributed by atoms with Gasteiger partial charge in [-0.3, -0.25) is 0 Å². The summed E-state index contributed by atoms with van der Waals surface area (Å²) in [6.07, 6.45) is 7.57. The Labute approximate surface area is 203 Å². The molecule has 4 fully saturated rings. The number of piperidine rings is 1. The van der Waals surface area contributed by atoms with Gasteiger partial charge >= 0.3 is 0 Å². The fraction of sp³-hybridized carbons (Fsp3) is 0.750. The highest BCUT2D eigenvalue weighted by atomic mass is 16.6. The van der Waals surface area contributed by atoms with Crippen LogP contribution in [0, 0.1) is 28.2 Å². The normalized spacial score (nSPS) is 40.8. The van der Waals surface area contributed by atoms with E-state index in [2.05, 4.69) is 33.0 Å². The predicted molar refractivity (Wildman–Crippen MR) is 128 cm³/mol. The standard InChI is InChI=1S/C28H38N2O4/c1-7-24(2,3)25(4,31)19-15-26-10-11-28(19,33-6)23-27(26)12-13-30(16-29)20(26)14-17-8-9-18(32-5)22(34-23)21(17)27/h8-9,19-20,23,31H,7,10-15H2,1-6H3/t19-,20-,23-,25+,26-,27+,28-/m1/s1. The number of likely N-dealkylation sites (tertiary alicyclic amines) is 1. The molecule has 6 heteroatoms. The molecule has 0 aromatic heterocycles. The fourth-order valence-corrected chi connectivity index (χ4v) is 9.21. The van der Waals surface area contributed by atoms with Gasteiger partial charge in [0, 0.05) is 42.0 Å². The Bertz CT molecular complexity index is 1090. The van der Waals surface area contributed by atoms with Crippen LogP contribution in [-0.2, 0) is 16.6 Å². The highest BCUT2D eigenvalue weighted by Crippen LogP contribution is 2.78. The number of rotatable bonds is 5. The first kappa shape index (κ1) is 22.5. The zero-order valence-electron chi connectivity index (χ0n) is 21.4. The molecular weight excluding hydrogens is 428 g/mol. The average Bonchev–Trinajstić information content (AvgIpc) is 3.20. The number of fused-ring (bicyclic) bond motifs is 2. The minimum atomic E-state index is -0.957. The molecule has 7 rings (SSSR count). The molecule has 34 heavy (non-hydrogen) atoms. The molecule has 2 spiro atoms. The molecule has 0 unspecified atom stereocenters. The van der Waals surface area contributed by atoms with E-state index in [0.29, 0.717) is 0 Å². The van der Waals surface area contributed by atoms with Gasteiger partial charge < -0.3 is 24.2 Å². The summed E-state index contributed by atoms with van der Waals surface area (Å²) >= 11 is 0. The summed E-state index contributed by atoms with van der Waals surface area (Å²) < 4.78 is 19.4. The Balaban J connectivity index is 1.64. The molecule has 1 N–H and O–H groups in total. The van der Waals surface area contributed by atoms with Gasteiger partial charge in [-0.05, 0) is 62.5 Å². The van der Waals surface area contributed by atoms with Crippen LogP contribution < -0.4 is 9.47 Å². The van der Waals surface area contributed by atoms with Crippen LogP contribution in [-0.4, -0.2) is 54.1 Å². The van der Waals surface area contributed by atoms with Crippen molar-refractivity contribution in [2.24, 2.45) is 16.7 Å². The number of ether oxygens (including phenoxy) is 3. The number of hydrogen-bond acceptors (Lipinski definition) is 6. The molecule has 0 amide bonds. The summed E-state index contributed by atoms with van der Waals surface area (Å²) in [4.78, 5) is 2.04. The summed E-state index contributed by atoms with van der Waals surface area (Å²) in [6, 6.07) is 4.31. The molecule has 1 aromatic carbocycles. The second-order valence-corrected chi connectivity index (χ2v) is 12.3. The van der Waals surface area contributed by atoms with Gasteiger partial charge in [0.05, 0.1) is 12.7 Å². The van der Waals surface area contributed by atoms with Crippen LogP contribution in [0.3, 0.4) is 0 Å². The van der Waals surface area contributed by atoms with Gasteiger partial charge in [-0.25, -0.2) is 0 Å². The number of nitrogens with zero attached hydrogens (tertiary/aromatic N) is 2. The number of benzene rings is 1. The van der Waals surface area contributed by atoms with Crippen molar-refractivity contribution in [1.82, 2.24) is 4.90 Å². The second kappa shape index (κ2) is 6.62. The molecule has 6 nitrogen and oxygen atoms in total. The summed E-state index contributed by atoms with van der Waals surface area (Å²) in [5, 5.41) is 22.5. The average molecular weight is 467 g/mol. The third kappa shape index (κ3) is 2.13. The van der Waals surface area contributed by atoms with Gasteiger partial charge in [0.1, 0.15) is 11.7 Å². The van der Waals surface area contributed by atoms with Crippen LogP contribution >= 0.6 is 0 Å². The summed E-state index contributed by atoms with van der Waals surface area (Å²) in [7, 11) is 3.52. The van der Waals surface area contributed by atoms with Gasteiger partial charge in [0.15, 0.2) is 17.7 Å². The van der Waals surface area contributed by atoms with Crippen LogP contribution in [0.5, 0.6) is 11.5 Å². The maximum absolute atomic E-state index is 12.3. The number of aliphatic hydroxyl groups is 1. The minimum absolute atomic E-state index is 0.102. The molecule has 4 bridgehead atoms. The summed E-state index contributed by atoms with van der Waals surface area (Å²) in [5.74, 6) is 1.55. The zero-order chi connectivity index (χ0) is 24.3. The molecule has 184 valence electrons. The lowest BCUT2D eigenvalue weighted by Gasteiger charge is -2.75. The molecule has 2 heterocycles. The Morgan fingerprint density at radius 3 is 2.65 bits per heavy atom. The van der Waals surface area contributed by atoms with Crippen LogP contribution in [0.4, 0.5) is 0 Å². The fourth-order valence-electron chi connectivity index (χ4n) is 9.21. The first-order valence-electron chi connectivity index (χ1n) is 12.9. The Kier molecular flexibility index (Phi) is 4.38. The predicted octanol–water partition coefficient (Wildman–Crippen LogP) is 4.18. The van der Waals surface area contributed by atoms with E-state index in [1.807, 2.05) is 25.0 Å². The van der Waals surface area contributed by atoms with E-state index in [9.17, 15) is 10.4 Å². The van der Waals surface area contributed by atoms with Gasteiger partial charge in [-0.2, -0.15) is 5.26 Å². The van der Waals surface area contributed by atoms with E-state index < -0.39 is 11.2 Å². The van der Waals surface area contributed by atoms with Crippen molar-refractivity contribution < 1.29 is 19.3 Å². The van der Waals surface area contributed by atoms with E-state index in [1.54, 1.807) is 7.11 Å². The highest BCUT2D eigenvalue weighted by Gasteiger charge is 2.82. The van der Waals surface area contributed by atoms with E-state index in [0.717, 1.165) is 56.6 Å². The van der Waals surface area contributed by atoms with Crippen molar-refractivity contribution in [2.75, 3.05) is 20.8 Å². The molecule has 1 aromatic rings. The Hall–Kier alpha value is -1.97. The molecule has 4 aliphatic carbocycles. The number of methoxy groups -OCH3 is 2. The first-order chi connectivity index (χ1) is 16.1. The lowest BCUT2D eigenvalue weighted by molar-refractivity contribution is -0.311. The molecule has 6 aliphatic rings. The van der Waals surface area contributed by atoms with E-state index in [4.69, 9.17) is 14.2 Å². The molecule has 7 atom stereocenters. The van der Waals surface area contributed by atoms with E-state index >= 15 is 0 Å². The maximum atomic E-state index is 12.3. The van der Waals surface area contributed by atoms with Crippen molar-refractivity contribution in [3.63, 3.8) is 0 Å². The SMILES string of the molecule is CCC(C)(C)[C@@](C)(O)[C@H]1C[C@@]23CC[C@]1(OC)[C@@H]1Oc4c(OC)ccc5c4[C@@]12CCN(C#N)[C@@H]3C5. The zero-order valence-corrected chi connectivity index (χ0v) is 21.4. The summed E-state index contributed by atoms with van der Waals surface area (Å²) in [5.41, 5.74) is 0.368. The van der Waals surface area contributed by atoms with Crippen LogP contribution in [0.25, 0.3) is 0 Å². The van der Waals surface area contributed by atoms with Crippen molar-refractivity contribution in [3.8, 4) is 17.7 Å². The second-order valence-electron chi connectivity index (χ2n) is 12.3. The number of nitriles is 1. The van der Waals surface area contributed by atoms with Crippen molar-refractivity contribution in [1.29, 1.82) is 5.26 Å². The molecular formula is C28H38N2O4. The lowest BCUT2D eigenvalue weighted by Crippen LogP contribution is -2.83. The van der Waals surface area contributed by atoms with Crippen molar-refractivity contribution in [2.45, 2.75) is 95.0 Å². The number of hydrogen-bond donors (Lipinski definition) is 1. The largest absolute Gasteiger partial charge is 0.493 e. The summed E-state index contributed by atoms with van der Waals surface area (Å²) in [6.45, 7) is 9.24. The minimum Gasteiger partial charge on any atom is -0.493 e. The van der Waals surface area contributed by atoms with Crippen LogP contribution in [0.1, 0.15) is 70.9 Å². The van der Waals surface area contributed by atoms with Gasteiger partial charge in [0.25, 0.3) is 0 Å². The van der Waals surface area contributed by atoms with Gasteiger partial charge in [-0.1, -0.05) is 26.8 Å². The highest BCUT2D eigenvalue weighted by molar-refractivity contribution is 5.63. The first-order valence-corrected chi connectivity index (χ1v) is 12.9. The van der Waals surface area contributed by atoms with E-state index in [-0.39, 0.29) is 34.3 Å². The van der Waals surface area contributed by atoms with Crippen molar-refractivity contribution >= 4 is 0 Å². The Morgan fingerprint density at radius 2 is 2.00 bits per heavy atom. The molecule has 2 aliphatic heterocycles. The molecule has 1 saturated heterocycles. The smallest absolute Gasteiger partial charge is 0.179 e. The molecule has 3 saturated carbocycles.